The van der Waals surface area contributed by atoms with E-state index in [4.69, 9.17) is 10.1 Å². The number of sulfonamides is 1. The number of halogens is 2. The van der Waals surface area contributed by atoms with Crippen molar-refractivity contribution in [3.05, 3.63) is 35.4 Å². The second-order valence-corrected chi connectivity index (χ2v) is 13.9. The summed E-state index contributed by atoms with van der Waals surface area (Å²) in [6.45, 7) is 2.16. The fourth-order valence-electron chi connectivity index (χ4n) is 6.29. The lowest BCUT2D eigenvalue weighted by Gasteiger charge is -2.35. The van der Waals surface area contributed by atoms with E-state index in [1.807, 2.05) is 11.0 Å². The molecule has 4 aliphatic rings. The molecule has 13 heteroatoms. The average Bonchev–Trinajstić information content (AvgIpc) is 3.71. The zero-order valence-corrected chi connectivity index (χ0v) is 24.4. The van der Waals surface area contributed by atoms with Crippen molar-refractivity contribution >= 4 is 44.6 Å². The van der Waals surface area contributed by atoms with Crippen molar-refractivity contribution in [1.29, 1.82) is 0 Å². The molecule has 0 unspecified atom stereocenters. The van der Waals surface area contributed by atoms with Crippen LogP contribution in [0.3, 0.4) is 0 Å². The van der Waals surface area contributed by atoms with Crippen molar-refractivity contribution in [1.82, 2.24) is 4.98 Å². The number of aryl methyl sites for hydroxylation is 1. The Kier molecular flexibility index (Phi) is 7.67. The van der Waals surface area contributed by atoms with Crippen molar-refractivity contribution < 1.29 is 27.1 Å². The third-order valence-corrected chi connectivity index (χ3v) is 10.3. The number of piperidine rings is 2. The number of nitrogens with zero attached hydrogens (tertiary/aromatic N) is 3. The number of hydrogen-bond acceptors (Lipinski definition) is 8. The summed E-state index contributed by atoms with van der Waals surface area (Å²) < 4.78 is 55.0. The molecule has 0 atom stereocenters. The SMILES string of the molecule is O=C(Nc1cc2c(c(N3CCC(F)(F)CC3)n1)NCCC2)c1ccc(NS(=O)(=O)CCO)cc1N1CCC2(CC1)CC2. The highest BCUT2D eigenvalue weighted by molar-refractivity contribution is 7.92. The Morgan fingerprint density at radius 1 is 1.02 bits per heavy atom. The predicted octanol–water partition coefficient (Wildman–Crippen LogP) is 4.04. The number of carbonyl (C=O) groups excluding carboxylic acids is 1. The molecule has 1 saturated carbocycles. The van der Waals surface area contributed by atoms with Crippen LogP contribution in [0.1, 0.15) is 60.9 Å². The normalized spacial score (nSPS) is 20.9. The number of rotatable bonds is 8. The lowest BCUT2D eigenvalue weighted by atomic mass is 9.93. The van der Waals surface area contributed by atoms with Crippen LogP contribution in [0, 0.1) is 5.41 Å². The second kappa shape index (κ2) is 11.1. The van der Waals surface area contributed by atoms with E-state index in [1.165, 1.54) is 12.8 Å². The van der Waals surface area contributed by atoms with E-state index in [0.29, 0.717) is 34.0 Å². The molecule has 42 heavy (non-hydrogen) atoms. The summed E-state index contributed by atoms with van der Waals surface area (Å²) in [5, 5.41) is 15.4. The van der Waals surface area contributed by atoms with E-state index in [2.05, 4.69) is 20.3 Å². The Balaban J connectivity index is 1.29. The highest BCUT2D eigenvalue weighted by Crippen LogP contribution is 2.54. The molecule has 4 N–H and O–H groups in total. The molecule has 1 spiro atoms. The van der Waals surface area contributed by atoms with E-state index in [-0.39, 0.29) is 31.8 Å². The number of fused-ring (bicyclic) bond motifs is 1. The summed E-state index contributed by atoms with van der Waals surface area (Å²) in [6.07, 6.45) is 5.71. The van der Waals surface area contributed by atoms with Crippen molar-refractivity contribution in [2.24, 2.45) is 5.41 Å². The zero-order chi connectivity index (χ0) is 29.5. The van der Waals surface area contributed by atoms with Gasteiger partial charge < -0.3 is 25.5 Å². The summed E-state index contributed by atoms with van der Waals surface area (Å²) in [7, 11) is -3.74. The molecule has 1 aromatic carbocycles. The van der Waals surface area contributed by atoms with Crippen LogP contribution >= 0.6 is 0 Å². The lowest BCUT2D eigenvalue weighted by molar-refractivity contribution is -0.0221. The molecule has 6 rings (SSSR count). The summed E-state index contributed by atoms with van der Waals surface area (Å²) in [5.41, 5.74) is 3.58. The van der Waals surface area contributed by atoms with Crippen LogP contribution in [0.2, 0.25) is 0 Å². The van der Waals surface area contributed by atoms with Gasteiger partial charge in [0.05, 0.1) is 35.0 Å². The number of nitrogens with one attached hydrogen (secondary N) is 3. The highest BCUT2D eigenvalue weighted by Gasteiger charge is 2.44. The van der Waals surface area contributed by atoms with Gasteiger partial charge in [-0.25, -0.2) is 22.2 Å². The first kappa shape index (κ1) is 28.9. The zero-order valence-electron chi connectivity index (χ0n) is 23.6. The molecular formula is C29H38F2N6O4S. The Bertz CT molecular complexity index is 1450. The smallest absolute Gasteiger partial charge is 0.258 e. The largest absolute Gasteiger partial charge is 0.395 e. The molecular weight excluding hydrogens is 566 g/mol. The molecule has 3 fully saturated rings. The minimum Gasteiger partial charge on any atom is -0.395 e. The third-order valence-electron chi connectivity index (χ3n) is 9.04. The van der Waals surface area contributed by atoms with Crippen LogP contribution in [0.15, 0.2) is 24.3 Å². The van der Waals surface area contributed by atoms with Crippen molar-refractivity contribution in [3.63, 3.8) is 0 Å². The van der Waals surface area contributed by atoms with Crippen LogP contribution in [0.25, 0.3) is 0 Å². The van der Waals surface area contributed by atoms with Gasteiger partial charge in [0.15, 0.2) is 5.82 Å². The predicted molar refractivity (Wildman–Crippen MR) is 159 cm³/mol. The first-order chi connectivity index (χ1) is 20.1. The number of benzene rings is 1. The monoisotopic (exact) mass is 604 g/mol. The summed E-state index contributed by atoms with van der Waals surface area (Å²) in [6, 6.07) is 6.67. The molecule has 0 bridgehead atoms. The van der Waals surface area contributed by atoms with Gasteiger partial charge in [-0.05, 0) is 73.8 Å². The quantitative estimate of drug-likeness (QED) is 0.356. The molecule has 228 valence electrons. The maximum absolute atomic E-state index is 13.9. The van der Waals surface area contributed by atoms with Gasteiger partial charge in [-0.3, -0.25) is 9.52 Å². The van der Waals surface area contributed by atoms with E-state index < -0.39 is 28.3 Å². The molecule has 2 aromatic rings. The molecule has 2 saturated heterocycles. The number of aliphatic hydroxyl groups excluding tert-OH is 1. The summed E-state index contributed by atoms with van der Waals surface area (Å²) in [4.78, 5) is 22.5. The van der Waals surface area contributed by atoms with Crippen LogP contribution in [0.4, 0.5) is 37.5 Å². The molecule has 1 aliphatic carbocycles. The Hall–Kier alpha value is -3.19. The topological polar surface area (TPSA) is 127 Å². The number of hydrogen-bond donors (Lipinski definition) is 4. The average molecular weight is 605 g/mol. The van der Waals surface area contributed by atoms with Crippen molar-refractivity contribution in [2.75, 3.05) is 70.2 Å². The van der Waals surface area contributed by atoms with Gasteiger partial charge in [0.1, 0.15) is 5.82 Å². The van der Waals surface area contributed by atoms with E-state index in [0.717, 1.165) is 56.6 Å². The molecule has 10 nitrogen and oxygen atoms in total. The number of aromatic nitrogens is 1. The van der Waals surface area contributed by atoms with E-state index >= 15 is 0 Å². The number of aliphatic hydroxyl groups is 1. The number of anilines is 5. The molecule has 1 aromatic heterocycles. The van der Waals surface area contributed by atoms with E-state index in [9.17, 15) is 22.0 Å². The van der Waals surface area contributed by atoms with E-state index in [1.54, 1.807) is 18.2 Å². The van der Waals surface area contributed by atoms with Gasteiger partial charge in [-0.2, -0.15) is 0 Å². The molecule has 1 amide bonds. The molecule has 4 heterocycles. The number of alkyl halides is 2. The first-order valence-corrected chi connectivity index (χ1v) is 16.4. The molecule has 0 radical (unpaired) electrons. The van der Waals surface area contributed by atoms with Gasteiger partial charge in [0, 0.05) is 45.6 Å². The van der Waals surface area contributed by atoms with Crippen LogP contribution in [-0.4, -0.2) is 75.4 Å². The minimum atomic E-state index is -3.74. The van der Waals surface area contributed by atoms with Gasteiger partial charge in [-0.1, -0.05) is 0 Å². The standard InChI is InChI=1S/C29H38F2N6O4S/c30-29(31)9-14-37(15-10-29)26-25-20(2-1-11-32-25)18-24(33-26)34-27(39)22-4-3-21(35-42(40,41)17-16-38)19-23(22)36-12-7-28(5-6-28)8-13-36/h3-4,18-19,32,35,38H,1-2,5-17H2,(H,33,34,39). The minimum absolute atomic E-state index is 0.180. The maximum atomic E-state index is 13.9. The van der Waals surface area contributed by atoms with Crippen molar-refractivity contribution in [3.8, 4) is 0 Å². The van der Waals surface area contributed by atoms with Gasteiger partial charge >= 0.3 is 0 Å². The Labute approximate surface area is 244 Å². The fraction of sp³-hybridized carbons (Fsp3) is 0.586. The second-order valence-electron chi connectivity index (χ2n) is 12.1. The fourth-order valence-corrected chi connectivity index (χ4v) is 7.11. The first-order valence-electron chi connectivity index (χ1n) is 14.8. The van der Waals surface area contributed by atoms with Crippen LogP contribution < -0.4 is 25.2 Å². The van der Waals surface area contributed by atoms with Gasteiger partial charge in [0.25, 0.3) is 11.8 Å². The summed E-state index contributed by atoms with van der Waals surface area (Å²) in [5.74, 6) is -2.55. The van der Waals surface area contributed by atoms with Crippen LogP contribution in [0.5, 0.6) is 0 Å². The highest BCUT2D eigenvalue weighted by atomic mass is 32.2. The Morgan fingerprint density at radius 3 is 2.43 bits per heavy atom. The summed E-state index contributed by atoms with van der Waals surface area (Å²) >= 11 is 0. The van der Waals surface area contributed by atoms with Crippen molar-refractivity contribution in [2.45, 2.75) is 57.3 Å². The molecule has 3 aliphatic heterocycles. The van der Waals surface area contributed by atoms with Gasteiger partial charge in [-0.15, -0.1) is 0 Å². The lowest BCUT2D eigenvalue weighted by Crippen LogP contribution is -2.40. The Morgan fingerprint density at radius 2 is 1.74 bits per heavy atom. The number of amides is 1. The van der Waals surface area contributed by atoms with Crippen LogP contribution in [-0.2, 0) is 16.4 Å². The third kappa shape index (κ3) is 6.26. The number of carbonyl (C=O) groups is 1. The van der Waals surface area contributed by atoms with Gasteiger partial charge in [0.2, 0.25) is 10.0 Å². The maximum Gasteiger partial charge on any atom is 0.258 e. The number of pyridine rings is 1.